The van der Waals surface area contributed by atoms with Gasteiger partial charge in [-0.2, -0.15) is 0 Å². The predicted octanol–water partition coefficient (Wildman–Crippen LogP) is 1.74. The number of carbonyl (C=O) groups is 1. The van der Waals surface area contributed by atoms with Crippen LogP contribution in [0.4, 0.5) is 0 Å². The van der Waals surface area contributed by atoms with Crippen LogP contribution < -0.4 is 4.72 Å². The van der Waals surface area contributed by atoms with Gasteiger partial charge in [0.15, 0.2) is 5.78 Å². The highest BCUT2D eigenvalue weighted by atomic mass is 32.2. The lowest BCUT2D eigenvalue weighted by Gasteiger charge is -2.40. The van der Waals surface area contributed by atoms with Gasteiger partial charge in [-0.1, -0.05) is 12.1 Å². The Balaban J connectivity index is 2.08. The number of nitrogens with one attached hydrogen (secondary N) is 1. The third kappa shape index (κ3) is 3.08. The summed E-state index contributed by atoms with van der Waals surface area (Å²) in [5.74, 6) is -0.0882. The predicted molar refractivity (Wildman–Crippen MR) is 75.2 cm³/mol. The number of methoxy groups -OCH3 is 1. The number of sulfonamides is 1. The Hall–Kier alpha value is -1.24. The second kappa shape index (κ2) is 5.63. The van der Waals surface area contributed by atoms with Crippen LogP contribution in [0.2, 0.25) is 0 Å². The monoisotopic (exact) mass is 297 g/mol. The van der Waals surface area contributed by atoms with Gasteiger partial charge in [-0.05, 0) is 38.3 Å². The maximum atomic E-state index is 12.2. The Morgan fingerprint density at radius 3 is 2.30 bits per heavy atom. The van der Waals surface area contributed by atoms with E-state index in [4.69, 9.17) is 4.74 Å². The Bertz CT molecular complexity index is 583. The van der Waals surface area contributed by atoms with E-state index in [0.717, 1.165) is 19.3 Å². The average Bonchev–Trinajstić information content (AvgIpc) is 2.38. The van der Waals surface area contributed by atoms with Crippen molar-refractivity contribution in [2.24, 2.45) is 0 Å². The van der Waals surface area contributed by atoms with Crippen molar-refractivity contribution in [1.82, 2.24) is 4.72 Å². The normalized spacial score (nSPS) is 17.5. The molecule has 1 fully saturated rings. The van der Waals surface area contributed by atoms with Crippen LogP contribution >= 0.6 is 0 Å². The van der Waals surface area contributed by atoms with E-state index in [9.17, 15) is 13.2 Å². The molecule has 0 bridgehead atoms. The summed E-state index contributed by atoms with van der Waals surface area (Å²) in [7, 11) is -1.96. The first-order valence-corrected chi connectivity index (χ1v) is 8.03. The fourth-order valence-electron chi connectivity index (χ4n) is 2.20. The first-order chi connectivity index (χ1) is 9.38. The van der Waals surface area contributed by atoms with Crippen LogP contribution in [0.3, 0.4) is 0 Å². The molecule has 1 aromatic carbocycles. The van der Waals surface area contributed by atoms with Gasteiger partial charge < -0.3 is 4.74 Å². The quantitative estimate of drug-likeness (QED) is 0.812. The van der Waals surface area contributed by atoms with Crippen molar-refractivity contribution < 1.29 is 17.9 Å². The standard InChI is InChI=1S/C14H19NO4S/c1-11(16)12-4-6-13(7-5-12)20(17,18)15-10-14(19-2)8-3-9-14/h4-7,15H,3,8-10H2,1-2H3. The van der Waals surface area contributed by atoms with E-state index in [2.05, 4.69) is 4.72 Å². The fraction of sp³-hybridized carbons (Fsp3) is 0.500. The van der Waals surface area contributed by atoms with Gasteiger partial charge in [0.2, 0.25) is 10.0 Å². The van der Waals surface area contributed by atoms with Gasteiger partial charge in [0.1, 0.15) is 0 Å². The topological polar surface area (TPSA) is 72.5 Å². The van der Waals surface area contributed by atoms with Crippen molar-refractivity contribution in [2.75, 3.05) is 13.7 Å². The highest BCUT2D eigenvalue weighted by Gasteiger charge is 2.37. The number of ketones is 1. The molecule has 0 aromatic heterocycles. The second-order valence-corrected chi connectivity index (χ2v) is 6.91. The van der Waals surface area contributed by atoms with Crippen molar-refractivity contribution in [3.63, 3.8) is 0 Å². The molecule has 2 rings (SSSR count). The number of benzene rings is 1. The van der Waals surface area contributed by atoms with Gasteiger partial charge in [0.25, 0.3) is 0 Å². The number of ether oxygens (including phenoxy) is 1. The lowest BCUT2D eigenvalue weighted by molar-refractivity contribution is -0.0659. The SMILES string of the molecule is COC1(CNS(=O)(=O)c2ccc(C(C)=O)cc2)CCC1. The van der Waals surface area contributed by atoms with E-state index in [-0.39, 0.29) is 22.8 Å². The van der Waals surface area contributed by atoms with Crippen LogP contribution in [0.5, 0.6) is 0 Å². The van der Waals surface area contributed by atoms with Crippen molar-refractivity contribution in [1.29, 1.82) is 0 Å². The van der Waals surface area contributed by atoms with Crippen LogP contribution in [0.25, 0.3) is 0 Å². The largest absolute Gasteiger partial charge is 0.377 e. The third-order valence-corrected chi connectivity index (χ3v) is 5.27. The average molecular weight is 297 g/mol. The molecule has 0 amide bonds. The second-order valence-electron chi connectivity index (χ2n) is 5.15. The molecule has 1 aliphatic carbocycles. The maximum Gasteiger partial charge on any atom is 0.240 e. The molecule has 20 heavy (non-hydrogen) atoms. The lowest BCUT2D eigenvalue weighted by atomic mass is 9.80. The summed E-state index contributed by atoms with van der Waals surface area (Å²) in [6.45, 7) is 1.72. The van der Waals surface area contributed by atoms with Gasteiger partial charge in [0, 0.05) is 19.2 Å². The maximum absolute atomic E-state index is 12.2. The highest BCUT2D eigenvalue weighted by Crippen LogP contribution is 2.34. The fourth-order valence-corrected chi connectivity index (χ4v) is 3.32. The molecule has 110 valence electrons. The zero-order valence-electron chi connectivity index (χ0n) is 11.7. The van der Waals surface area contributed by atoms with Crippen LogP contribution in [0, 0.1) is 0 Å². The van der Waals surface area contributed by atoms with Crippen molar-refractivity contribution in [3.05, 3.63) is 29.8 Å². The van der Waals surface area contributed by atoms with E-state index in [1.807, 2.05) is 0 Å². The molecule has 5 nitrogen and oxygen atoms in total. The first kappa shape index (κ1) is 15.2. The van der Waals surface area contributed by atoms with Gasteiger partial charge >= 0.3 is 0 Å². The zero-order valence-corrected chi connectivity index (χ0v) is 12.5. The lowest BCUT2D eigenvalue weighted by Crippen LogP contribution is -2.49. The van der Waals surface area contributed by atoms with Gasteiger partial charge in [-0.25, -0.2) is 13.1 Å². The Morgan fingerprint density at radius 2 is 1.90 bits per heavy atom. The molecule has 0 aliphatic heterocycles. The molecule has 6 heteroatoms. The minimum Gasteiger partial charge on any atom is -0.377 e. The van der Waals surface area contributed by atoms with E-state index in [1.54, 1.807) is 7.11 Å². The Labute approximate surface area is 119 Å². The van der Waals surface area contributed by atoms with E-state index < -0.39 is 10.0 Å². The molecular formula is C14H19NO4S. The number of rotatable bonds is 6. The molecule has 1 aromatic rings. The summed E-state index contributed by atoms with van der Waals surface area (Å²) in [5, 5.41) is 0. The molecule has 0 radical (unpaired) electrons. The van der Waals surface area contributed by atoms with Crippen LogP contribution in [0.1, 0.15) is 36.5 Å². The summed E-state index contributed by atoms with van der Waals surface area (Å²) >= 11 is 0. The first-order valence-electron chi connectivity index (χ1n) is 6.54. The molecule has 1 aliphatic rings. The van der Waals surface area contributed by atoms with Crippen LogP contribution in [-0.4, -0.2) is 33.5 Å². The molecule has 1 N–H and O–H groups in total. The molecule has 0 spiro atoms. The van der Waals surface area contributed by atoms with E-state index in [0.29, 0.717) is 5.56 Å². The summed E-state index contributed by atoms with van der Waals surface area (Å²) < 4.78 is 32.3. The number of Topliss-reactive ketones (excluding diaryl/α,β-unsaturated/α-hetero) is 1. The molecular weight excluding hydrogens is 278 g/mol. The zero-order chi connectivity index (χ0) is 14.8. The van der Waals surface area contributed by atoms with E-state index in [1.165, 1.54) is 31.2 Å². The number of hydrogen-bond donors (Lipinski definition) is 1. The van der Waals surface area contributed by atoms with Crippen molar-refractivity contribution in [3.8, 4) is 0 Å². The summed E-state index contributed by atoms with van der Waals surface area (Å²) in [5.41, 5.74) is 0.142. The number of hydrogen-bond acceptors (Lipinski definition) is 4. The molecule has 1 saturated carbocycles. The molecule has 0 heterocycles. The van der Waals surface area contributed by atoms with Crippen LogP contribution in [-0.2, 0) is 14.8 Å². The smallest absolute Gasteiger partial charge is 0.240 e. The van der Waals surface area contributed by atoms with E-state index >= 15 is 0 Å². The summed E-state index contributed by atoms with van der Waals surface area (Å²) in [6.07, 6.45) is 2.80. The minimum atomic E-state index is -3.56. The summed E-state index contributed by atoms with van der Waals surface area (Å²) in [4.78, 5) is 11.3. The minimum absolute atomic E-state index is 0.0882. The summed E-state index contributed by atoms with van der Waals surface area (Å²) in [6, 6.07) is 5.93. The van der Waals surface area contributed by atoms with Crippen molar-refractivity contribution >= 4 is 15.8 Å². The van der Waals surface area contributed by atoms with Crippen LogP contribution in [0.15, 0.2) is 29.2 Å². The van der Waals surface area contributed by atoms with Gasteiger partial charge in [-0.3, -0.25) is 4.79 Å². The Kier molecular flexibility index (Phi) is 4.27. The molecule has 0 atom stereocenters. The molecule has 0 saturated heterocycles. The highest BCUT2D eigenvalue weighted by molar-refractivity contribution is 7.89. The van der Waals surface area contributed by atoms with Crippen molar-refractivity contribution in [2.45, 2.75) is 36.7 Å². The van der Waals surface area contributed by atoms with Gasteiger partial charge in [0.05, 0.1) is 10.5 Å². The number of carbonyl (C=O) groups excluding carboxylic acids is 1. The molecule has 0 unspecified atom stereocenters. The third-order valence-electron chi connectivity index (χ3n) is 3.85. The Morgan fingerprint density at radius 1 is 1.30 bits per heavy atom. The van der Waals surface area contributed by atoms with Gasteiger partial charge in [-0.15, -0.1) is 0 Å².